The number of rotatable bonds is 0. The van der Waals surface area contributed by atoms with Crippen LogP contribution in [0.3, 0.4) is 0 Å². The summed E-state index contributed by atoms with van der Waals surface area (Å²) in [5.41, 5.74) is 2.68. The number of fused-ring (bicyclic) bond motifs is 4. The van der Waals surface area contributed by atoms with Gasteiger partial charge in [0.25, 0.3) is 0 Å². The summed E-state index contributed by atoms with van der Waals surface area (Å²) in [6.07, 6.45) is 5.41. The lowest BCUT2D eigenvalue weighted by molar-refractivity contribution is -0.0654. The van der Waals surface area contributed by atoms with Gasteiger partial charge in [-0.3, -0.25) is 4.57 Å². The number of nitrogens with zero attached hydrogens (tertiary/aromatic N) is 1. The van der Waals surface area contributed by atoms with Gasteiger partial charge in [0.05, 0.1) is 5.52 Å². The summed E-state index contributed by atoms with van der Waals surface area (Å²) in [5, 5.41) is 1.15. The molecule has 2 aromatic rings. The third-order valence-electron chi connectivity index (χ3n) is 4.49. The number of hydrogen-bond acceptors (Lipinski definition) is 2. The number of ether oxygens (including phenoxy) is 1. The zero-order valence-electron chi connectivity index (χ0n) is 13.1. The van der Waals surface area contributed by atoms with Crippen LogP contribution in [0.25, 0.3) is 10.9 Å². The standard InChI is InChI=1S/C16H17NO2.C2H6/c1-11-5-6-13-12(9-11)10-14-15(18)19-16(17(13)14)7-3-2-4-8-16;1-2/h5-6,9-10H,2-4,7-8H2,1H3;1-2H3. The Morgan fingerprint density at radius 2 is 1.81 bits per heavy atom. The van der Waals surface area contributed by atoms with Gasteiger partial charge in [0.2, 0.25) is 0 Å². The first-order valence-electron chi connectivity index (χ1n) is 8.06. The van der Waals surface area contributed by atoms with Crippen molar-refractivity contribution in [2.24, 2.45) is 0 Å². The van der Waals surface area contributed by atoms with E-state index in [9.17, 15) is 4.79 Å². The molecule has 1 aromatic heterocycles. The Labute approximate surface area is 125 Å². The quantitative estimate of drug-likeness (QED) is 0.653. The van der Waals surface area contributed by atoms with E-state index >= 15 is 0 Å². The summed E-state index contributed by atoms with van der Waals surface area (Å²) in [4.78, 5) is 12.2. The Hall–Kier alpha value is -1.77. The molecule has 3 nitrogen and oxygen atoms in total. The van der Waals surface area contributed by atoms with E-state index in [1.54, 1.807) is 0 Å². The average molecular weight is 285 g/mol. The molecule has 2 aliphatic rings. The fourth-order valence-electron chi connectivity index (χ4n) is 3.62. The van der Waals surface area contributed by atoms with Crippen LogP contribution in [0.2, 0.25) is 0 Å². The van der Waals surface area contributed by atoms with E-state index in [-0.39, 0.29) is 5.97 Å². The van der Waals surface area contributed by atoms with Gasteiger partial charge in [-0.1, -0.05) is 31.9 Å². The maximum Gasteiger partial charge on any atom is 0.357 e. The highest BCUT2D eigenvalue weighted by atomic mass is 16.6. The molecule has 1 aromatic carbocycles. The maximum atomic E-state index is 12.2. The Morgan fingerprint density at radius 1 is 1.10 bits per heavy atom. The third kappa shape index (κ3) is 2.06. The molecule has 0 N–H and O–H groups in total. The van der Waals surface area contributed by atoms with Gasteiger partial charge in [-0.2, -0.15) is 0 Å². The average Bonchev–Trinajstić information content (AvgIpc) is 2.99. The van der Waals surface area contributed by atoms with E-state index in [0.29, 0.717) is 0 Å². The Balaban J connectivity index is 0.000000636. The molecule has 112 valence electrons. The smallest absolute Gasteiger partial charge is 0.357 e. The summed E-state index contributed by atoms with van der Waals surface area (Å²) in [5.74, 6) is -0.157. The first kappa shape index (κ1) is 14.2. The van der Waals surface area contributed by atoms with Crippen LogP contribution in [0.15, 0.2) is 24.3 Å². The van der Waals surface area contributed by atoms with Gasteiger partial charge in [0.15, 0.2) is 5.72 Å². The minimum Gasteiger partial charge on any atom is -0.434 e. The molecule has 0 saturated heterocycles. The minimum atomic E-state index is -0.401. The SMILES string of the molecule is CC.Cc1ccc2c(c1)cc1n2C2(CCCCC2)OC1=O. The topological polar surface area (TPSA) is 31.2 Å². The van der Waals surface area contributed by atoms with Crippen molar-refractivity contribution in [1.82, 2.24) is 4.57 Å². The molecule has 1 saturated carbocycles. The number of carbonyl (C=O) groups is 1. The molecular formula is C18H23NO2. The zero-order valence-corrected chi connectivity index (χ0v) is 13.1. The molecule has 0 atom stereocenters. The molecule has 4 rings (SSSR count). The summed E-state index contributed by atoms with van der Waals surface area (Å²) < 4.78 is 7.92. The molecule has 1 fully saturated rings. The van der Waals surface area contributed by atoms with Crippen molar-refractivity contribution in [3.8, 4) is 0 Å². The zero-order chi connectivity index (χ0) is 15.0. The van der Waals surface area contributed by atoms with Crippen LogP contribution in [-0.2, 0) is 10.5 Å². The third-order valence-corrected chi connectivity index (χ3v) is 4.49. The number of benzene rings is 1. The lowest BCUT2D eigenvalue weighted by Crippen LogP contribution is -2.34. The van der Waals surface area contributed by atoms with E-state index in [1.807, 2.05) is 19.9 Å². The second kappa shape index (κ2) is 5.21. The Bertz CT molecular complexity index is 678. The van der Waals surface area contributed by atoms with Crippen molar-refractivity contribution in [3.05, 3.63) is 35.5 Å². The van der Waals surface area contributed by atoms with Crippen molar-refractivity contribution < 1.29 is 9.53 Å². The highest BCUT2D eigenvalue weighted by molar-refractivity contribution is 5.98. The van der Waals surface area contributed by atoms with Crippen molar-refractivity contribution >= 4 is 16.9 Å². The molecule has 2 heterocycles. The summed E-state index contributed by atoms with van der Waals surface area (Å²) >= 11 is 0. The van der Waals surface area contributed by atoms with Crippen LogP contribution in [0, 0.1) is 6.92 Å². The molecule has 1 spiro atoms. The fourth-order valence-corrected chi connectivity index (χ4v) is 3.62. The molecule has 3 heteroatoms. The predicted molar refractivity (Wildman–Crippen MR) is 84.5 cm³/mol. The highest BCUT2D eigenvalue weighted by Crippen LogP contribution is 2.44. The summed E-state index contributed by atoms with van der Waals surface area (Å²) in [7, 11) is 0. The van der Waals surface area contributed by atoms with Gasteiger partial charge < -0.3 is 4.74 Å². The normalized spacial score (nSPS) is 19.1. The molecule has 21 heavy (non-hydrogen) atoms. The molecule has 0 radical (unpaired) electrons. The number of hydrogen-bond donors (Lipinski definition) is 0. The Kier molecular flexibility index (Phi) is 3.52. The Morgan fingerprint density at radius 3 is 2.52 bits per heavy atom. The fraction of sp³-hybridized carbons (Fsp3) is 0.500. The second-order valence-corrected chi connectivity index (χ2v) is 5.82. The largest absolute Gasteiger partial charge is 0.434 e. The van der Waals surface area contributed by atoms with Crippen LogP contribution in [0.1, 0.15) is 62.0 Å². The second-order valence-electron chi connectivity index (χ2n) is 5.82. The van der Waals surface area contributed by atoms with Gasteiger partial charge in [-0.05, 0) is 38.0 Å². The molecule has 0 unspecified atom stereocenters. The number of aromatic nitrogens is 1. The molecule has 1 aliphatic carbocycles. The lowest BCUT2D eigenvalue weighted by Gasteiger charge is -2.34. The van der Waals surface area contributed by atoms with E-state index < -0.39 is 5.72 Å². The summed E-state index contributed by atoms with van der Waals surface area (Å²) in [6.45, 7) is 6.08. The van der Waals surface area contributed by atoms with Crippen LogP contribution in [0.4, 0.5) is 0 Å². The van der Waals surface area contributed by atoms with E-state index in [4.69, 9.17) is 4.74 Å². The first-order chi connectivity index (χ1) is 10.2. The highest BCUT2D eigenvalue weighted by Gasteiger charge is 2.46. The van der Waals surface area contributed by atoms with E-state index in [1.165, 1.54) is 12.0 Å². The first-order valence-corrected chi connectivity index (χ1v) is 8.06. The van der Waals surface area contributed by atoms with Crippen LogP contribution in [-0.4, -0.2) is 10.5 Å². The van der Waals surface area contributed by atoms with Gasteiger partial charge in [-0.15, -0.1) is 0 Å². The minimum absolute atomic E-state index is 0.157. The predicted octanol–water partition coefficient (Wildman–Crippen LogP) is 4.76. The van der Waals surface area contributed by atoms with Gasteiger partial charge in [-0.25, -0.2) is 4.79 Å². The molecule has 0 amide bonds. The van der Waals surface area contributed by atoms with Gasteiger partial charge >= 0.3 is 5.97 Å². The van der Waals surface area contributed by atoms with E-state index in [0.717, 1.165) is 42.3 Å². The molecule has 0 bridgehead atoms. The van der Waals surface area contributed by atoms with Gasteiger partial charge in [0, 0.05) is 18.2 Å². The van der Waals surface area contributed by atoms with Crippen molar-refractivity contribution in [1.29, 1.82) is 0 Å². The van der Waals surface area contributed by atoms with Gasteiger partial charge in [0.1, 0.15) is 5.69 Å². The number of aryl methyl sites for hydroxylation is 1. The lowest BCUT2D eigenvalue weighted by atomic mass is 9.91. The van der Waals surface area contributed by atoms with E-state index in [2.05, 4.69) is 29.7 Å². The van der Waals surface area contributed by atoms with Crippen LogP contribution < -0.4 is 0 Å². The van der Waals surface area contributed by atoms with Crippen molar-refractivity contribution in [2.45, 2.75) is 58.6 Å². The van der Waals surface area contributed by atoms with Crippen LogP contribution in [0.5, 0.6) is 0 Å². The maximum absolute atomic E-state index is 12.2. The molecular weight excluding hydrogens is 262 g/mol. The number of carbonyl (C=O) groups excluding carboxylic acids is 1. The monoisotopic (exact) mass is 285 g/mol. The van der Waals surface area contributed by atoms with Crippen molar-refractivity contribution in [3.63, 3.8) is 0 Å². The molecule has 1 aliphatic heterocycles. The summed E-state index contributed by atoms with van der Waals surface area (Å²) in [6, 6.07) is 8.35. The number of esters is 1. The van der Waals surface area contributed by atoms with Crippen LogP contribution >= 0.6 is 0 Å². The van der Waals surface area contributed by atoms with Crippen molar-refractivity contribution in [2.75, 3.05) is 0 Å².